The highest BCUT2D eigenvalue weighted by atomic mass is 15.0. The Hall–Kier alpha value is -0.0400. The van der Waals surface area contributed by atoms with Gasteiger partial charge in [0, 0.05) is 6.04 Å². The summed E-state index contributed by atoms with van der Waals surface area (Å²) in [6.45, 7) is 3.73. The molecule has 0 aromatic heterocycles. The van der Waals surface area contributed by atoms with Crippen molar-refractivity contribution in [1.29, 1.82) is 0 Å². The second-order valence-electron chi connectivity index (χ2n) is 5.69. The van der Waals surface area contributed by atoms with Crippen LogP contribution in [0.4, 0.5) is 0 Å². The van der Waals surface area contributed by atoms with Crippen LogP contribution in [-0.4, -0.2) is 12.6 Å². The third-order valence-electron chi connectivity index (χ3n) is 4.69. The van der Waals surface area contributed by atoms with Crippen molar-refractivity contribution in [3.63, 3.8) is 0 Å². The molecule has 3 fully saturated rings. The molecule has 0 bridgehead atoms. The normalized spacial score (nSPS) is 53.8. The molecule has 0 radical (unpaired) electrons. The quantitative estimate of drug-likeness (QED) is 0.686. The summed E-state index contributed by atoms with van der Waals surface area (Å²) >= 11 is 0. The molecule has 0 aromatic rings. The number of fused-ring (bicyclic) bond motifs is 1. The zero-order chi connectivity index (χ0) is 8.84. The van der Waals surface area contributed by atoms with Crippen LogP contribution in [0.25, 0.3) is 0 Å². The van der Waals surface area contributed by atoms with Gasteiger partial charge in [-0.25, -0.2) is 0 Å². The second-order valence-corrected chi connectivity index (χ2v) is 5.69. The molecule has 0 amide bonds. The summed E-state index contributed by atoms with van der Waals surface area (Å²) < 4.78 is 0. The average molecular weight is 179 g/mol. The van der Waals surface area contributed by atoms with Gasteiger partial charge in [-0.2, -0.15) is 0 Å². The summed E-state index contributed by atoms with van der Waals surface area (Å²) in [6, 6.07) is 0.933. The van der Waals surface area contributed by atoms with Crippen LogP contribution in [0.5, 0.6) is 0 Å². The monoisotopic (exact) mass is 179 g/mol. The highest BCUT2D eigenvalue weighted by Crippen LogP contribution is 2.45. The molecule has 3 unspecified atom stereocenters. The van der Waals surface area contributed by atoms with Crippen molar-refractivity contribution in [1.82, 2.24) is 5.32 Å². The third kappa shape index (κ3) is 1.32. The van der Waals surface area contributed by atoms with E-state index in [0.29, 0.717) is 0 Å². The van der Waals surface area contributed by atoms with E-state index in [1.807, 2.05) is 0 Å². The van der Waals surface area contributed by atoms with Crippen molar-refractivity contribution in [2.24, 2.45) is 23.7 Å². The zero-order valence-corrected chi connectivity index (χ0v) is 8.63. The Bertz CT molecular complexity index is 195. The molecule has 13 heavy (non-hydrogen) atoms. The predicted octanol–water partition coefficient (Wildman–Crippen LogP) is 2.42. The second kappa shape index (κ2) is 2.98. The summed E-state index contributed by atoms with van der Waals surface area (Å²) in [5.41, 5.74) is 0. The topological polar surface area (TPSA) is 12.0 Å². The van der Waals surface area contributed by atoms with E-state index in [-0.39, 0.29) is 0 Å². The first kappa shape index (κ1) is 8.28. The van der Waals surface area contributed by atoms with Gasteiger partial charge in [0.25, 0.3) is 0 Å². The van der Waals surface area contributed by atoms with Gasteiger partial charge in [-0.15, -0.1) is 0 Å². The zero-order valence-electron chi connectivity index (χ0n) is 8.63. The van der Waals surface area contributed by atoms with Gasteiger partial charge >= 0.3 is 0 Å². The molecular weight excluding hydrogens is 158 g/mol. The van der Waals surface area contributed by atoms with Crippen molar-refractivity contribution in [2.75, 3.05) is 6.54 Å². The number of hydrogen-bond donors (Lipinski definition) is 1. The lowest BCUT2D eigenvalue weighted by atomic mass is 9.70. The largest absolute Gasteiger partial charge is 0.313 e. The van der Waals surface area contributed by atoms with E-state index in [4.69, 9.17) is 0 Å². The van der Waals surface area contributed by atoms with Gasteiger partial charge in [0.1, 0.15) is 0 Å². The Morgan fingerprint density at radius 2 is 2.08 bits per heavy atom. The maximum Gasteiger partial charge on any atom is 0.0110 e. The lowest BCUT2D eigenvalue weighted by Crippen LogP contribution is -2.51. The fourth-order valence-corrected chi connectivity index (χ4v) is 3.82. The molecule has 1 aliphatic heterocycles. The first-order valence-electron chi connectivity index (χ1n) is 6.06. The Labute approximate surface area is 81.3 Å². The molecule has 1 saturated heterocycles. The molecule has 2 saturated carbocycles. The van der Waals surface area contributed by atoms with E-state index >= 15 is 0 Å². The molecule has 3 aliphatic rings. The number of hydrogen-bond acceptors (Lipinski definition) is 1. The predicted molar refractivity (Wildman–Crippen MR) is 54.5 cm³/mol. The van der Waals surface area contributed by atoms with E-state index in [9.17, 15) is 0 Å². The fourth-order valence-electron chi connectivity index (χ4n) is 3.82. The Morgan fingerprint density at radius 3 is 2.62 bits per heavy atom. The van der Waals surface area contributed by atoms with Crippen LogP contribution in [0.3, 0.4) is 0 Å². The minimum Gasteiger partial charge on any atom is -0.313 e. The lowest BCUT2D eigenvalue weighted by molar-refractivity contribution is 0.133. The minimum absolute atomic E-state index is 0.933. The molecule has 2 aliphatic carbocycles. The van der Waals surface area contributed by atoms with E-state index in [0.717, 1.165) is 29.7 Å². The van der Waals surface area contributed by atoms with Crippen molar-refractivity contribution in [3.8, 4) is 0 Å². The number of rotatable bonds is 2. The smallest absolute Gasteiger partial charge is 0.0110 e. The van der Waals surface area contributed by atoms with Gasteiger partial charge in [-0.3, -0.25) is 0 Å². The molecule has 0 spiro atoms. The molecule has 3 rings (SSSR count). The summed E-state index contributed by atoms with van der Waals surface area (Å²) in [5, 5.41) is 3.56. The molecule has 1 N–H and O–H groups in total. The summed E-state index contributed by atoms with van der Waals surface area (Å²) in [6.07, 6.45) is 7.61. The Morgan fingerprint density at radius 1 is 1.23 bits per heavy atom. The molecule has 3 atom stereocenters. The van der Waals surface area contributed by atoms with E-state index in [1.54, 1.807) is 6.42 Å². The van der Waals surface area contributed by atoms with E-state index in [1.165, 1.54) is 32.2 Å². The fraction of sp³-hybridized carbons (Fsp3) is 1.00. The van der Waals surface area contributed by atoms with Gasteiger partial charge in [0.05, 0.1) is 0 Å². The lowest BCUT2D eigenvalue weighted by Gasteiger charge is -2.40. The molecule has 1 nitrogen and oxygen atoms in total. The van der Waals surface area contributed by atoms with Crippen LogP contribution in [-0.2, 0) is 0 Å². The van der Waals surface area contributed by atoms with Gasteiger partial charge < -0.3 is 5.32 Å². The SMILES string of the molecule is CC1CC(CC2CCC3NCC23)C1. The molecule has 0 aromatic carbocycles. The van der Waals surface area contributed by atoms with Crippen LogP contribution < -0.4 is 5.32 Å². The highest BCUT2D eigenvalue weighted by Gasteiger charge is 2.43. The Balaban J connectivity index is 1.50. The first-order chi connectivity index (χ1) is 6.33. The van der Waals surface area contributed by atoms with Gasteiger partial charge in [0.15, 0.2) is 0 Å². The van der Waals surface area contributed by atoms with E-state index < -0.39 is 0 Å². The standard InChI is InChI=1S/C12H21N/c1-8-4-9(5-8)6-10-2-3-12-11(10)7-13-12/h8-13H,2-7H2,1H3. The minimum atomic E-state index is 0.933. The molecular formula is C12H21N. The molecule has 1 heterocycles. The maximum absolute atomic E-state index is 3.56. The molecule has 74 valence electrons. The van der Waals surface area contributed by atoms with Crippen LogP contribution in [0, 0.1) is 23.7 Å². The molecule has 1 heteroatoms. The van der Waals surface area contributed by atoms with Gasteiger partial charge in [0.2, 0.25) is 0 Å². The first-order valence-corrected chi connectivity index (χ1v) is 6.06. The third-order valence-corrected chi connectivity index (χ3v) is 4.69. The van der Waals surface area contributed by atoms with Crippen LogP contribution >= 0.6 is 0 Å². The summed E-state index contributed by atoms with van der Waals surface area (Å²) in [7, 11) is 0. The maximum atomic E-state index is 3.56. The van der Waals surface area contributed by atoms with Gasteiger partial charge in [-0.05, 0) is 62.3 Å². The van der Waals surface area contributed by atoms with Crippen molar-refractivity contribution in [2.45, 2.75) is 45.1 Å². The Kier molecular flexibility index (Phi) is 1.90. The van der Waals surface area contributed by atoms with Crippen molar-refractivity contribution < 1.29 is 0 Å². The van der Waals surface area contributed by atoms with Crippen LogP contribution in [0.1, 0.15) is 39.0 Å². The van der Waals surface area contributed by atoms with E-state index in [2.05, 4.69) is 12.2 Å². The highest BCUT2D eigenvalue weighted by molar-refractivity contribution is 4.99. The summed E-state index contributed by atoms with van der Waals surface area (Å²) in [4.78, 5) is 0. The summed E-state index contributed by atoms with van der Waals surface area (Å²) in [5.74, 6) is 4.33. The number of nitrogens with one attached hydrogen (secondary N) is 1. The average Bonchev–Trinajstić information content (AvgIpc) is 2.23. The van der Waals surface area contributed by atoms with Crippen LogP contribution in [0.15, 0.2) is 0 Å². The van der Waals surface area contributed by atoms with Crippen LogP contribution in [0.2, 0.25) is 0 Å². The van der Waals surface area contributed by atoms with Crippen molar-refractivity contribution >= 4 is 0 Å². The van der Waals surface area contributed by atoms with Crippen molar-refractivity contribution in [3.05, 3.63) is 0 Å². The van der Waals surface area contributed by atoms with Gasteiger partial charge in [-0.1, -0.05) is 6.92 Å².